The smallest absolute Gasteiger partial charge is 0.226 e. The molecule has 0 N–H and O–H groups in total. The first kappa shape index (κ1) is 20.5. The minimum absolute atomic E-state index is 0.00414. The molecule has 0 aliphatic rings. The van der Waals surface area contributed by atoms with E-state index in [0.29, 0.717) is 18.8 Å². The second-order valence-corrected chi connectivity index (χ2v) is 6.83. The lowest BCUT2D eigenvalue weighted by Gasteiger charge is -2.23. The summed E-state index contributed by atoms with van der Waals surface area (Å²) < 4.78 is 18.6. The maximum atomic E-state index is 13.0. The van der Waals surface area contributed by atoms with Gasteiger partial charge in [0.15, 0.2) is 0 Å². The lowest BCUT2D eigenvalue weighted by Crippen LogP contribution is -2.31. The van der Waals surface area contributed by atoms with Gasteiger partial charge in [-0.15, -0.1) is 0 Å². The third-order valence-electron chi connectivity index (χ3n) is 4.65. The largest absolute Gasteiger partial charge is 0.493 e. The van der Waals surface area contributed by atoms with Gasteiger partial charge < -0.3 is 9.64 Å². The second-order valence-electron chi connectivity index (χ2n) is 6.83. The van der Waals surface area contributed by atoms with E-state index < -0.39 is 0 Å². The highest BCUT2D eigenvalue weighted by Gasteiger charge is 2.15. The van der Waals surface area contributed by atoms with Gasteiger partial charge in [-0.2, -0.15) is 0 Å². The summed E-state index contributed by atoms with van der Waals surface area (Å²) in [5, 5.41) is 0. The molecule has 0 atom stereocenters. The molecule has 0 bridgehead atoms. The second kappa shape index (κ2) is 10.4. The molecular formula is C24H25FN2O2. The molecule has 3 aromatic rings. The van der Waals surface area contributed by atoms with Crippen molar-refractivity contribution in [2.75, 3.05) is 6.61 Å². The Balaban J connectivity index is 1.63. The van der Waals surface area contributed by atoms with Crippen molar-refractivity contribution in [1.29, 1.82) is 0 Å². The SMILES string of the molecule is CCc1ccc(CN(Cc2cccnc2)C(=O)CCOc2ccc(F)cc2)cc1. The van der Waals surface area contributed by atoms with Gasteiger partial charge >= 0.3 is 0 Å². The summed E-state index contributed by atoms with van der Waals surface area (Å²) in [6, 6.07) is 17.9. The number of aryl methyl sites for hydroxylation is 1. The van der Waals surface area contributed by atoms with Crippen LogP contribution in [0.25, 0.3) is 0 Å². The summed E-state index contributed by atoms with van der Waals surface area (Å²) in [4.78, 5) is 18.8. The van der Waals surface area contributed by atoms with E-state index in [9.17, 15) is 9.18 Å². The maximum Gasteiger partial charge on any atom is 0.226 e. The molecule has 29 heavy (non-hydrogen) atoms. The Kier molecular flexibility index (Phi) is 7.34. The van der Waals surface area contributed by atoms with Crippen molar-refractivity contribution in [2.45, 2.75) is 32.9 Å². The van der Waals surface area contributed by atoms with Crippen LogP contribution in [-0.2, 0) is 24.3 Å². The summed E-state index contributed by atoms with van der Waals surface area (Å²) in [7, 11) is 0. The van der Waals surface area contributed by atoms with Gasteiger partial charge in [0.25, 0.3) is 0 Å². The van der Waals surface area contributed by atoms with Crippen LogP contribution in [0.3, 0.4) is 0 Å². The number of rotatable bonds is 9. The molecular weight excluding hydrogens is 367 g/mol. The van der Waals surface area contributed by atoms with Gasteiger partial charge in [0, 0.05) is 25.5 Å². The number of nitrogens with zero attached hydrogens (tertiary/aromatic N) is 2. The fourth-order valence-corrected chi connectivity index (χ4v) is 2.99. The molecule has 0 fully saturated rings. The molecule has 0 saturated heterocycles. The maximum absolute atomic E-state index is 13.0. The summed E-state index contributed by atoms with van der Waals surface area (Å²) in [6.45, 7) is 3.37. The van der Waals surface area contributed by atoms with Gasteiger partial charge in [0.05, 0.1) is 13.0 Å². The predicted octanol–water partition coefficient (Wildman–Crippen LogP) is 4.78. The summed E-state index contributed by atoms with van der Waals surface area (Å²) in [6.07, 6.45) is 4.72. The molecule has 0 radical (unpaired) electrons. The number of halogens is 1. The Morgan fingerprint density at radius 2 is 1.66 bits per heavy atom. The number of ether oxygens (including phenoxy) is 1. The van der Waals surface area contributed by atoms with E-state index in [2.05, 4.69) is 36.2 Å². The van der Waals surface area contributed by atoms with Crippen molar-refractivity contribution in [1.82, 2.24) is 9.88 Å². The lowest BCUT2D eigenvalue weighted by atomic mass is 10.1. The van der Waals surface area contributed by atoms with E-state index in [1.807, 2.05) is 17.0 Å². The van der Waals surface area contributed by atoms with Crippen LogP contribution in [0.4, 0.5) is 4.39 Å². The van der Waals surface area contributed by atoms with Crippen LogP contribution in [0.15, 0.2) is 73.1 Å². The highest BCUT2D eigenvalue weighted by molar-refractivity contribution is 5.76. The number of benzene rings is 2. The van der Waals surface area contributed by atoms with Gasteiger partial charge in [-0.3, -0.25) is 9.78 Å². The number of amides is 1. The Labute approximate surface area is 171 Å². The molecule has 1 amide bonds. The lowest BCUT2D eigenvalue weighted by molar-refractivity contribution is -0.133. The van der Waals surface area contributed by atoms with Gasteiger partial charge in [0.1, 0.15) is 11.6 Å². The number of hydrogen-bond donors (Lipinski definition) is 0. The highest BCUT2D eigenvalue weighted by atomic mass is 19.1. The Morgan fingerprint density at radius 1 is 0.966 bits per heavy atom. The van der Waals surface area contributed by atoms with Crippen LogP contribution >= 0.6 is 0 Å². The van der Waals surface area contributed by atoms with E-state index in [1.165, 1.54) is 17.7 Å². The third kappa shape index (κ3) is 6.42. The first-order valence-corrected chi connectivity index (χ1v) is 9.77. The minimum atomic E-state index is -0.315. The Bertz CT molecular complexity index is 896. The summed E-state index contributed by atoms with van der Waals surface area (Å²) in [5.74, 6) is 0.230. The van der Waals surface area contributed by atoms with Gasteiger partial charge in [-0.05, 0) is 53.4 Å². The summed E-state index contributed by atoms with van der Waals surface area (Å²) in [5.41, 5.74) is 3.33. The van der Waals surface area contributed by atoms with E-state index in [0.717, 1.165) is 17.5 Å². The number of pyridine rings is 1. The Hall–Kier alpha value is -3.21. The van der Waals surface area contributed by atoms with Crippen molar-refractivity contribution >= 4 is 5.91 Å². The molecule has 0 aliphatic carbocycles. The van der Waals surface area contributed by atoms with Gasteiger partial charge in [-0.25, -0.2) is 4.39 Å². The van der Waals surface area contributed by atoms with Gasteiger partial charge in [0.2, 0.25) is 5.91 Å². The number of aromatic nitrogens is 1. The van der Waals surface area contributed by atoms with Crippen LogP contribution in [0, 0.1) is 5.82 Å². The zero-order valence-corrected chi connectivity index (χ0v) is 16.6. The molecule has 4 nitrogen and oxygen atoms in total. The number of carbonyl (C=O) groups excluding carboxylic acids is 1. The quantitative estimate of drug-likeness (QED) is 0.526. The zero-order valence-electron chi connectivity index (χ0n) is 16.6. The number of carbonyl (C=O) groups is 1. The minimum Gasteiger partial charge on any atom is -0.493 e. The van der Waals surface area contributed by atoms with Crippen molar-refractivity contribution in [3.05, 3.63) is 95.6 Å². The van der Waals surface area contributed by atoms with Crippen LogP contribution < -0.4 is 4.74 Å². The molecule has 150 valence electrons. The summed E-state index contributed by atoms with van der Waals surface area (Å²) >= 11 is 0. The van der Waals surface area contributed by atoms with E-state index in [4.69, 9.17) is 4.74 Å². The van der Waals surface area contributed by atoms with Gasteiger partial charge in [-0.1, -0.05) is 37.3 Å². The molecule has 0 aliphatic heterocycles. The van der Waals surface area contributed by atoms with Crippen molar-refractivity contribution in [2.24, 2.45) is 0 Å². The molecule has 5 heteroatoms. The monoisotopic (exact) mass is 392 g/mol. The first-order chi connectivity index (χ1) is 14.1. The first-order valence-electron chi connectivity index (χ1n) is 9.77. The normalized spacial score (nSPS) is 10.6. The van der Waals surface area contributed by atoms with E-state index in [-0.39, 0.29) is 24.8 Å². The average molecular weight is 392 g/mol. The standard InChI is InChI=1S/C24H25FN2O2/c1-2-19-5-7-20(8-6-19)17-27(18-21-4-3-14-26-16-21)24(28)13-15-29-23-11-9-22(25)10-12-23/h3-12,14,16H,2,13,15,17-18H2,1H3. The number of hydrogen-bond acceptors (Lipinski definition) is 3. The molecule has 0 spiro atoms. The van der Waals surface area contributed by atoms with Crippen LogP contribution in [0.1, 0.15) is 30.0 Å². The van der Waals surface area contributed by atoms with E-state index >= 15 is 0 Å². The van der Waals surface area contributed by atoms with E-state index in [1.54, 1.807) is 24.5 Å². The molecule has 3 rings (SSSR count). The predicted molar refractivity (Wildman–Crippen MR) is 111 cm³/mol. The third-order valence-corrected chi connectivity index (χ3v) is 4.65. The fraction of sp³-hybridized carbons (Fsp3) is 0.250. The molecule has 1 heterocycles. The zero-order chi connectivity index (χ0) is 20.5. The topological polar surface area (TPSA) is 42.4 Å². The molecule has 1 aromatic heterocycles. The fourth-order valence-electron chi connectivity index (χ4n) is 2.99. The van der Waals surface area contributed by atoms with Crippen LogP contribution in [0.2, 0.25) is 0 Å². The van der Waals surface area contributed by atoms with Crippen LogP contribution in [-0.4, -0.2) is 22.4 Å². The molecule has 0 saturated carbocycles. The average Bonchev–Trinajstić information content (AvgIpc) is 2.76. The molecule has 0 unspecified atom stereocenters. The molecule has 2 aromatic carbocycles. The Morgan fingerprint density at radius 3 is 2.31 bits per heavy atom. The highest BCUT2D eigenvalue weighted by Crippen LogP contribution is 2.14. The van der Waals surface area contributed by atoms with Crippen LogP contribution in [0.5, 0.6) is 5.75 Å². The van der Waals surface area contributed by atoms with Crippen molar-refractivity contribution in [3.8, 4) is 5.75 Å². The van der Waals surface area contributed by atoms with Crippen molar-refractivity contribution in [3.63, 3.8) is 0 Å². The van der Waals surface area contributed by atoms with Crippen molar-refractivity contribution < 1.29 is 13.9 Å².